The van der Waals surface area contributed by atoms with E-state index in [1.165, 1.54) is 5.38 Å². The predicted octanol–water partition coefficient (Wildman–Crippen LogP) is 1.56. The molecule has 1 aromatic heterocycles. The van der Waals surface area contributed by atoms with E-state index >= 15 is 0 Å². The van der Waals surface area contributed by atoms with Crippen molar-refractivity contribution >= 4 is 44.8 Å². The van der Waals surface area contributed by atoms with Crippen LogP contribution in [0.3, 0.4) is 0 Å². The van der Waals surface area contributed by atoms with E-state index in [0.29, 0.717) is 18.0 Å². The molecule has 0 unspecified atom stereocenters. The van der Waals surface area contributed by atoms with Crippen molar-refractivity contribution in [2.45, 2.75) is 10.6 Å². The van der Waals surface area contributed by atoms with Crippen LogP contribution >= 0.6 is 22.9 Å². The van der Waals surface area contributed by atoms with E-state index in [1.54, 1.807) is 12.1 Å². The van der Waals surface area contributed by atoms with Crippen molar-refractivity contribution in [2.75, 3.05) is 13.2 Å². The zero-order chi connectivity index (χ0) is 18.4. The topological polar surface area (TPSA) is 116 Å². The molecule has 0 saturated heterocycles. The summed E-state index contributed by atoms with van der Waals surface area (Å²) in [4.78, 5) is 23.4. The monoisotopic (exact) mass is 402 g/mol. The van der Waals surface area contributed by atoms with Gasteiger partial charge in [0, 0.05) is 16.9 Å². The summed E-state index contributed by atoms with van der Waals surface area (Å²) in [6, 6.07) is 8.37. The second-order valence-corrected chi connectivity index (χ2v) is 8.14. The van der Waals surface area contributed by atoms with Gasteiger partial charge in [0.15, 0.2) is 6.61 Å². The molecule has 1 aromatic carbocycles. The molecule has 0 aliphatic heterocycles. The maximum Gasteiger partial charge on any atom is 0.339 e. The second-order valence-electron chi connectivity index (χ2n) is 5.01. The predicted molar refractivity (Wildman–Crippen MR) is 94.1 cm³/mol. The maximum absolute atomic E-state index is 11.8. The Morgan fingerprint density at radius 3 is 2.68 bits per heavy atom. The molecule has 134 valence electrons. The molecule has 0 aliphatic rings. The number of thiophene rings is 1. The first-order chi connectivity index (χ1) is 11.8. The molecule has 1 heterocycles. The zero-order valence-electron chi connectivity index (χ0n) is 12.9. The number of nitrogens with two attached hydrogens (primary N) is 1. The van der Waals surface area contributed by atoms with Crippen LogP contribution in [-0.4, -0.2) is 33.4 Å². The minimum atomic E-state index is -3.87. The smallest absolute Gasteiger partial charge is 0.339 e. The number of amides is 1. The Labute approximate surface area is 153 Å². The van der Waals surface area contributed by atoms with Gasteiger partial charge in [-0.3, -0.25) is 4.79 Å². The van der Waals surface area contributed by atoms with E-state index in [2.05, 4.69) is 5.32 Å². The largest absolute Gasteiger partial charge is 0.452 e. The maximum atomic E-state index is 11.8. The Morgan fingerprint density at radius 2 is 2.04 bits per heavy atom. The minimum Gasteiger partial charge on any atom is -0.452 e. The van der Waals surface area contributed by atoms with Gasteiger partial charge in [-0.25, -0.2) is 18.4 Å². The summed E-state index contributed by atoms with van der Waals surface area (Å²) in [5, 5.41) is 9.50. The van der Waals surface area contributed by atoms with Gasteiger partial charge in [-0.1, -0.05) is 23.7 Å². The summed E-state index contributed by atoms with van der Waals surface area (Å²) in [5.74, 6) is -1.26. The zero-order valence-corrected chi connectivity index (χ0v) is 15.3. The number of nitrogens with one attached hydrogen (secondary N) is 1. The van der Waals surface area contributed by atoms with E-state index in [0.717, 1.165) is 23.0 Å². The Bertz CT molecular complexity index is 880. The average molecular weight is 403 g/mol. The van der Waals surface area contributed by atoms with Crippen molar-refractivity contribution in [1.29, 1.82) is 0 Å². The highest BCUT2D eigenvalue weighted by molar-refractivity contribution is 7.91. The fraction of sp³-hybridized carbons (Fsp3) is 0.200. The van der Waals surface area contributed by atoms with E-state index in [4.69, 9.17) is 21.5 Å². The highest BCUT2D eigenvalue weighted by atomic mass is 35.5. The normalized spacial score (nSPS) is 11.1. The highest BCUT2D eigenvalue weighted by Crippen LogP contribution is 2.19. The van der Waals surface area contributed by atoms with Gasteiger partial charge < -0.3 is 10.1 Å². The van der Waals surface area contributed by atoms with Gasteiger partial charge in [0.25, 0.3) is 5.91 Å². The van der Waals surface area contributed by atoms with Crippen LogP contribution in [0.15, 0.2) is 39.9 Å². The first kappa shape index (κ1) is 19.4. The molecule has 0 saturated carbocycles. The van der Waals surface area contributed by atoms with Crippen molar-refractivity contribution in [2.24, 2.45) is 5.14 Å². The molecule has 2 aromatic rings. The molecule has 7 nitrogen and oxygen atoms in total. The number of hydrogen-bond acceptors (Lipinski definition) is 6. The minimum absolute atomic E-state index is 0.0285. The lowest BCUT2D eigenvalue weighted by Crippen LogP contribution is -2.30. The van der Waals surface area contributed by atoms with Gasteiger partial charge in [0.2, 0.25) is 10.0 Å². The van der Waals surface area contributed by atoms with Crippen LogP contribution in [0, 0.1) is 0 Å². The molecule has 25 heavy (non-hydrogen) atoms. The SMILES string of the molecule is NS(=O)(=O)c1cc(C(=O)OCC(=O)NCCc2cccc(Cl)c2)cs1. The van der Waals surface area contributed by atoms with Crippen LogP contribution in [0.2, 0.25) is 5.02 Å². The van der Waals surface area contributed by atoms with Crippen LogP contribution in [0.5, 0.6) is 0 Å². The van der Waals surface area contributed by atoms with Gasteiger partial charge in [0.1, 0.15) is 4.21 Å². The summed E-state index contributed by atoms with van der Waals surface area (Å²) in [7, 11) is -3.87. The second kappa shape index (κ2) is 8.43. The number of halogens is 1. The molecular weight excluding hydrogens is 388 g/mol. The Balaban J connectivity index is 1.76. The fourth-order valence-electron chi connectivity index (χ4n) is 1.88. The molecule has 0 fully saturated rings. The number of carbonyl (C=O) groups is 2. The number of primary sulfonamides is 1. The Hall–Kier alpha value is -1.94. The molecule has 0 atom stereocenters. The van der Waals surface area contributed by atoms with Gasteiger partial charge in [-0.2, -0.15) is 0 Å². The van der Waals surface area contributed by atoms with Crippen LogP contribution in [0.1, 0.15) is 15.9 Å². The van der Waals surface area contributed by atoms with Crippen LogP contribution in [0.25, 0.3) is 0 Å². The number of hydrogen-bond donors (Lipinski definition) is 2. The molecule has 0 aliphatic carbocycles. The first-order valence-corrected chi connectivity index (χ1v) is 9.86. The Morgan fingerprint density at radius 1 is 1.28 bits per heavy atom. The van der Waals surface area contributed by atoms with Crippen molar-refractivity contribution < 1.29 is 22.7 Å². The number of benzene rings is 1. The van der Waals surface area contributed by atoms with E-state index in [1.807, 2.05) is 12.1 Å². The fourth-order valence-corrected chi connectivity index (χ4v) is 3.66. The third-order valence-electron chi connectivity index (χ3n) is 3.05. The number of sulfonamides is 1. The lowest BCUT2D eigenvalue weighted by molar-refractivity contribution is -0.124. The molecule has 1 amide bonds. The molecular formula is C15H15ClN2O5S2. The summed E-state index contributed by atoms with van der Waals surface area (Å²) >= 11 is 6.68. The van der Waals surface area contributed by atoms with Crippen LogP contribution < -0.4 is 10.5 Å². The van der Waals surface area contributed by atoms with Crippen LogP contribution in [0.4, 0.5) is 0 Å². The van der Waals surface area contributed by atoms with Gasteiger partial charge in [-0.05, 0) is 30.2 Å². The molecule has 0 radical (unpaired) electrons. The summed E-state index contributed by atoms with van der Waals surface area (Å²) in [6.07, 6.45) is 0.586. The lowest BCUT2D eigenvalue weighted by Gasteiger charge is -2.06. The molecule has 0 bridgehead atoms. The number of rotatable bonds is 7. The lowest BCUT2D eigenvalue weighted by atomic mass is 10.1. The average Bonchev–Trinajstić information content (AvgIpc) is 3.03. The molecule has 3 N–H and O–H groups in total. The van der Waals surface area contributed by atoms with E-state index in [9.17, 15) is 18.0 Å². The Kier molecular flexibility index (Phi) is 6.54. The van der Waals surface area contributed by atoms with Crippen LogP contribution in [-0.2, 0) is 26.0 Å². The van der Waals surface area contributed by atoms with E-state index < -0.39 is 28.5 Å². The standard InChI is InChI=1S/C15H15ClN2O5S2/c16-12-3-1-2-10(6-12)4-5-18-13(19)8-23-15(20)11-7-14(24-9-11)25(17,21)22/h1-3,6-7,9H,4-5,8H2,(H,18,19)(H2,17,21,22). The van der Waals surface area contributed by atoms with Crippen molar-refractivity contribution in [3.05, 3.63) is 51.9 Å². The number of esters is 1. The highest BCUT2D eigenvalue weighted by Gasteiger charge is 2.17. The van der Waals surface area contributed by atoms with Crippen molar-refractivity contribution in [3.63, 3.8) is 0 Å². The summed E-state index contributed by atoms with van der Waals surface area (Å²) in [5.41, 5.74) is 0.999. The number of ether oxygens (including phenoxy) is 1. The van der Waals surface area contributed by atoms with Crippen molar-refractivity contribution in [3.8, 4) is 0 Å². The van der Waals surface area contributed by atoms with Gasteiger partial charge >= 0.3 is 5.97 Å². The van der Waals surface area contributed by atoms with Gasteiger partial charge in [0.05, 0.1) is 5.56 Å². The third kappa shape index (κ3) is 6.13. The van der Waals surface area contributed by atoms with Gasteiger partial charge in [-0.15, -0.1) is 11.3 Å². The summed E-state index contributed by atoms with van der Waals surface area (Å²) in [6.45, 7) is -0.0975. The third-order valence-corrected chi connectivity index (χ3v) is 5.67. The number of carbonyl (C=O) groups excluding carboxylic acids is 2. The van der Waals surface area contributed by atoms with E-state index in [-0.39, 0.29) is 9.77 Å². The quantitative estimate of drug-likeness (QED) is 0.682. The first-order valence-electron chi connectivity index (χ1n) is 7.05. The van der Waals surface area contributed by atoms with Crippen molar-refractivity contribution in [1.82, 2.24) is 5.32 Å². The molecule has 2 rings (SSSR count). The molecule has 0 spiro atoms. The summed E-state index contributed by atoms with van der Waals surface area (Å²) < 4.78 is 27.0. The molecule has 10 heteroatoms.